The normalized spacial score (nSPS) is 20.7. The Labute approximate surface area is 202 Å². The molecular weight excluding hydrogens is 406 g/mol. The number of aliphatic imine (C=N–C) groups is 1. The van der Waals surface area contributed by atoms with Crippen molar-refractivity contribution < 1.29 is 4.79 Å². The Balaban J connectivity index is 0.000000591. The van der Waals surface area contributed by atoms with Gasteiger partial charge in [0.25, 0.3) is 0 Å². The van der Waals surface area contributed by atoms with Gasteiger partial charge in [0.15, 0.2) is 0 Å². The Morgan fingerprint density at radius 1 is 1.30 bits per heavy atom. The highest BCUT2D eigenvalue weighted by Crippen LogP contribution is 2.38. The van der Waals surface area contributed by atoms with Gasteiger partial charge in [-0.2, -0.15) is 0 Å². The van der Waals surface area contributed by atoms with Crippen molar-refractivity contribution in [1.82, 2.24) is 5.32 Å². The number of hydrogen-bond acceptors (Lipinski definition) is 4. The first kappa shape index (κ1) is 28.8. The van der Waals surface area contributed by atoms with E-state index < -0.39 is 0 Å². The van der Waals surface area contributed by atoms with Gasteiger partial charge in [0.2, 0.25) is 0 Å². The van der Waals surface area contributed by atoms with E-state index in [4.69, 9.17) is 10.7 Å². The van der Waals surface area contributed by atoms with Gasteiger partial charge in [-0.1, -0.05) is 58.7 Å². The summed E-state index contributed by atoms with van der Waals surface area (Å²) in [5.41, 5.74) is 13.8. The van der Waals surface area contributed by atoms with Crippen LogP contribution in [0, 0.1) is 12.8 Å². The first-order valence-electron chi connectivity index (χ1n) is 12.7. The Hall–Kier alpha value is -2.20. The fourth-order valence-corrected chi connectivity index (χ4v) is 4.03. The number of aldehydes is 1. The van der Waals surface area contributed by atoms with Crippen molar-refractivity contribution >= 4 is 17.7 Å². The van der Waals surface area contributed by atoms with Crippen LogP contribution in [0.15, 0.2) is 47.1 Å². The summed E-state index contributed by atoms with van der Waals surface area (Å²) in [4.78, 5) is 14.6. The summed E-state index contributed by atoms with van der Waals surface area (Å²) >= 11 is 0. The molecule has 1 aromatic rings. The summed E-state index contributed by atoms with van der Waals surface area (Å²) in [5, 5.41) is 3.61. The molecule has 1 aliphatic heterocycles. The maximum atomic E-state index is 9.50. The van der Waals surface area contributed by atoms with Crippen LogP contribution in [0.4, 0.5) is 5.69 Å². The maximum absolute atomic E-state index is 9.50. The third kappa shape index (κ3) is 9.29. The van der Waals surface area contributed by atoms with E-state index in [0.29, 0.717) is 6.04 Å². The highest BCUT2D eigenvalue weighted by atomic mass is 16.1. The summed E-state index contributed by atoms with van der Waals surface area (Å²) in [7, 11) is 0. The van der Waals surface area contributed by atoms with Crippen LogP contribution in [-0.2, 0) is 4.79 Å². The number of nitrogens with two attached hydrogens (primary N) is 1. The van der Waals surface area contributed by atoms with Crippen LogP contribution < -0.4 is 11.1 Å². The van der Waals surface area contributed by atoms with E-state index in [9.17, 15) is 4.79 Å². The van der Waals surface area contributed by atoms with Crippen molar-refractivity contribution in [2.24, 2.45) is 16.6 Å². The predicted octanol–water partition coefficient (Wildman–Crippen LogP) is 7.15. The SMILES string of the molecule is C=CC.CC(C)C=O.CCC/C(N)=C1/C(=Nc2ccc(C3CCC3)cc2C)CCNC1CC. The first-order valence-corrected chi connectivity index (χ1v) is 12.7. The summed E-state index contributed by atoms with van der Waals surface area (Å²) in [6.07, 6.45) is 10.8. The molecule has 1 aromatic carbocycles. The zero-order valence-corrected chi connectivity index (χ0v) is 21.9. The van der Waals surface area contributed by atoms with Crippen LogP contribution in [-0.4, -0.2) is 24.6 Å². The summed E-state index contributed by atoms with van der Waals surface area (Å²) in [6.45, 7) is 16.5. The number of rotatable bonds is 6. The molecule has 1 unspecified atom stereocenters. The third-order valence-corrected chi connectivity index (χ3v) is 6.01. The van der Waals surface area contributed by atoms with Gasteiger partial charge in [0, 0.05) is 41.9 Å². The molecule has 0 radical (unpaired) electrons. The van der Waals surface area contributed by atoms with Crippen molar-refractivity contribution in [3.8, 4) is 0 Å². The molecular formula is C29H47N3O. The monoisotopic (exact) mass is 453 g/mol. The van der Waals surface area contributed by atoms with Crippen molar-refractivity contribution in [1.29, 1.82) is 0 Å². The topological polar surface area (TPSA) is 67.5 Å². The number of allylic oxidation sites excluding steroid dienone is 2. The number of nitrogens with zero attached hydrogens (tertiary/aromatic N) is 1. The fraction of sp³-hybridized carbons (Fsp3) is 0.586. The molecule has 3 rings (SSSR count). The first-order chi connectivity index (χ1) is 15.8. The van der Waals surface area contributed by atoms with Crippen LogP contribution in [0.25, 0.3) is 0 Å². The lowest BCUT2D eigenvalue weighted by Gasteiger charge is -2.29. The van der Waals surface area contributed by atoms with Crippen molar-refractivity contribution in [3.63, 3.8) is 0 Å². The number of piperidine rings is 1. The van der Waals surface area contributed by atoms with E-state index in [1.54, 1.807) is 6.08 Å². The molecule has 2 fully saturated rings. The van der Waals surface area contributed by atoms with Crippen LogP contribution in [0.5, 0.6) is 0 Å². The fourth-order valence-electron chi connectivity index (χ4n) is 4.03. The zero-order valence-electron chi connectivity index (χ0n) is 21.9. The minimum Gasteiger partial charge on any atom is -0.402 e. The highest BCUT2D eigenvalue weighted by molar-refractivity contribution is 6.04. The molecule has 3 N–H and O–H groups in total. The van der Waals surface area contributed by atoms with E-state index in [1.807, 2.05) is 20.8 Å². The highest BCUT2D eigenvalue weighted by Gasteiger charge is 2.25. The molecule has 1 saturated carbocycles. The largest absolute Gasteiger partial charge is 0.402 e. The van der Waals surface area contributed by atoms with Gasteiger partial charge in [-0.05, 0) is 62.6 Å². The Bertz CT molecular complexity index is 803. The Morgan fingerprint density at radius 2 is 1.94 bits per heavy atom. The molecule has 0 spiro atoms. The Kier molecular flexibility index (Phi) is 13.6. The minimum absolute atomic E-state index is 0.204. The van der Waals surface area contributed by atoms with Gasteiger partial charge in [-0.25, -0.2) is 0 Å². The van der Waals surface area contributed by atoms with Crippen LogP contribution >= 0.6 is 0 Å². The van der Waals surface area contributed by atoms with Gasteiger partial charge in [-0.3, -0.25) is 4.99 Å². The minimum atomic E-state index is 0.204. The molecule has 0 aromatic heterocycles. The summed E-state index contributed by atoms with van der Waals surface area (Å²) in [6, 6.07) is 7.19. The van der Waals surface area contributed by atoms with E-state index >= 15 is 0 Å². The van der Waals surface area contributed by atoms with Crippen molar-refractivity contribution in [2.45, 2.75) is 98.4 Å². The second-order valence-corrected chi connectivity index (χ2v) is 9.37. The van der Waals surface area contributed by atoms with Crippen LogP contribution in [0.3, 0.4) is 0 Å². The smallest absolute Gasteiger partial charge is 0.122 e. The summed E-state index contributed by atoms with van der Waals surface area (Å²) < 4.78 is 0. The number of hydrogen-bond donors (Lipinski definition) is 2. The number of carbonyl (C=O) groups is 1. The van der Waals surface area contributed by atoms with Gasteiger partial charge in [0.05, 0.1) is 5.69 Å². The van der Waals surface area contributed by atoms with Gasteiger partial charge < -0.3 is 15.8 Å². The molecule has 2 aliphatic rings. The van der Waals surface area contributed by atoms with E-state index in [0.717, 1.165) is 55.8 Å². The second-order valence-electron chi connectivity index (χ2n) is 9.37. The van der Waals surface area contributed by atoms with Gasteiger partial charge in [0.1, 0.15) is 6.29 Å². The molecule has 1 aliphatic carbocycles. The Morgan fingerprint density at radius 3 is 2.39 bits per heavy atom. The predicted molar refractivity (Wildman–Crippen MR) is 144 cm³/mol. The molecule has 1 saturated heterocycles. The van der Waals surface area contributed by atoms with Crippen molar-refractivity contribution in [2.75, 3.05) is 6.54 Å². The lowest BCUT2D eigenvalue weighted by molar-refractivity contribution is -0.110. The van der Waals surface area contributed by atoms with E-state index in [2.05, 4.69) is 50.9 Å². The second kappa shape index (κ2) is 15.6. The van der Waals surface area contributed by atoms with E-state index in [1.165, 1.54) is 41.7 Å². The standard InChI is InChI=1S/C22H33N3.C4H8O.C3H6/c1-4-7-18(23)22-19(5-2)24-13-12-21(22)25-20-11-10-17(14-15(20)3)16-8-6-9-16;1-4(2)3-5;1-3-2/h10-11,14,16,19,24H,4-9,12-13,23H2,1-3H3;3-4H,1-2H3;3H,1H2,2H3/b22-18-,25-21?;;. The maximum Gasteiger partial charge on any atom is 0.122 e. The molecule has 33 heavy (non-hydrogen) atoms. The molecule has 184 valence electrons. The molecule has 4 heteroatoms. The van der Waals surface area contributed by atoms with Gasteiger partial charge >= 0.3 is 0 Å². The quantitative estimate of drug-likeness (QED) is 0.355. The van der Waals surface area contributed by atoms with E-state index in [-0.39, 0.29) is 5.92 Å². The molecule has 1 atom stereocenters. The van der Waals surface area contributed by atoms with Crippen LogP contribution in [0.2, 0.25) is 0 Å². The van der Waals surface area contributed by atoms with Crippen LogP contribution in [0.1, 0.15) is 96.6 Å². The number of aryl methyl sites for hydroxylation is 1. The third-order valence-electron chi connectivity index (χ3n) is 6.01. The molecule has 4 nitrogen and oxygen atoms in total. The van der Waals surface area contributed by atoms with Gasteiger partial charge in [-0.15, -0.1) is 6.58 Å². The van der Waals surface area contributed by atoms with Crippen molar-refractivity contribution in [3.05, 3.63) is 53.3 Å². The average Bonchev–Trinajstić information content (AvgIpc) is 2.75. The summed E-state index contributed by atoms with van der Waals surface area (Å²) in [5.74, 6) is 0.981. The molecule has 0 amide bonds. The number of nitrogens with one attached hydrogen (secondary N) is 1. The zero-order chi connectivity index (χ0) is 24.8. The lowest BCUT2D eigenvalue weighted by atomic mass is 9.79. The average molecular weight is 454 g/mol. The molecule has 1 heterocycles. The number of benzene rings is 1. The lowest BCUT2D eigenvalue weighted by Crippen LogP contribution is -2.41. The number of carbonyl (C=O) groups excluding carboxylic acids is 1. The molecule has 0 bridgehead atoms.